The highest BCUT2D eigenvalue weighted by molar-refractivity contribution is 5.74. The van der Waals surface area contributed by atoms with E-state index in [1.54, 1.807) is 23.2 Å². The number of nitrogens with one attached hydrogen (secondary N) is 1. The average Bonchev–Trinajstić information content (AvgIpc) is 2.83. The second-order valence-electron chi connectivity index (χ2n) is 5.73. The van der Waals surface area contributed by atoms with Crippen molar-refractivity contribution in [3.05, 3.63) is 20.8 Å². The van der Waals surface area contributed by atoms with Gasteiger partial charge in [0.2, 0.25) is 5.95 Å². The molecule has 7 nitrogen and oxygen atoms in total. The second-order valence-corrected chi connectivity index (χ2v) is 5.73. The minimum Gasteiger partial charge on any atom is -0.359 e. The zero-order valence-electron chi connectivity index (χ0n) is 12.7. The molecule has 0 spiro atoms. The molecule has 2 aromatic rings. The van der Waals surface area contributed by atoms with Gasteiger partial charge in [0.25, 0.3) is 5.56 Å². The number of anilines is 1. The Morgan fingerprint density at radius 1 is 1.10 bits per heavy atom. The summed E-state index contributed by atoms with van der Waals surface area (Å²) in [6.07, 6.45) is 5.39. The van der Waals surface area contributed by atoms with Gasteiger partial charge in [-0.1, -0.05) is 19.3 Å². The van der Waals surface area contributed by atoms with Gasteiger partial charge in [0.1, 0.15) is 0 Å². The molecule has 0 radical (unpaired) electrons. The molecule has 0 atom stereocenters. The minimum absolute atomic E-state index is 0.139. The first-order chi connectivity index (χ1) is 10.1. The molecule has 21 heavy (non-hydrogen) atoms. The fourth-order valence-corrected chi connectivity index (χ4v) is 3.28. The molecule has 2 heterocycles. The average molecular weight is 291 g/mol. The molecule has 7 heteroatoms. The predicted molar refractivity (Wildman–Crippen MR) is 81.9 cm³/mol. The first-order valence-electron chi connectivity index (χ1n) is 7.42. The van der Waals surface area contributed by atoms with E-state index in [0.717, 1.165) is 25.7 Å². The van der Waals surface area contributed by atoms with Crippen LogP contribution in [0.3, 0.4) is 0 Å². The number of imidazole rings is 1. The molecule has 0 bridgehead atoms. The van der Waals surface area contributed by atoms with Gasteiger partial charge in [0.15, 0.2) is 11.2 Å². The summed E-state index contributed by atoms with van der Waals surface area (Å²) in [5.41, 5.74) is 0.424. The predicted octanol–water partition coefficient (Wildman–Crippen LogP) is 0.981. The number of rotatable bonds is 2. The van der Waals surface area contributed by atoms with Crippen LogP contribution in [0.5, 0.6) is 0 Å². The Hall–Kier alpha value is -2.05. The molecule has 2 aromatic heterocycles. The summed E-state index contributed by atoms with van der Waals surface area (Å²) in [4.78, 5) is 29.4. The first kappa shape index (κ1) is 13.9. The number of aryl methyl sites for hydroxylation is 1. The number of hydrogen-bond donors (Lipinski definition) is 1. The zero-order chi connectivity index (χ0) is 15.1. The lowest BCUT2D eigenvalue weighted by molar-refractivity contribution is 0.345. The van der Waals surface area contributed by atoms with Crippen LogP contribution in [0.15, 0.2) is 9.59 Å². The minimum atomic E-state index is -0.293. The SMILES string of the molecule is CNc1nc2c(c(=O)n(C)c(=O)n2C2CCCCC2)n1C. The van der Waals surface area contributed by atoms with Crippen molar-refractivity contribution in [2.45, 2.75) is 38.1 Å². The third-order valence-corrected chi connectivity index (χ3v) is 4.47. The lowest BCUT2D eigenvalue weighted by Gasteiger charge is -2.24. The van der Waals surface area contributed by atoms with E-state index in [9.17, 15) is 9.59 Å². The van der Waals surface area contributed by atoms with Crippen LogP contribution in [0, 0.1) is 0 Å². The highest BCUT2D eigenvalue weighted by atomic mass is 16.2. The lowest BCUT2D eigenvalue weighted by Crippen LogP contribution is -2.40. The Morgan fingerprint density at radius 3 is 2.38 bits per heavy atom. The molecule has 0 amide bonds. The van der Waals surface area contributed by atoms with Gasteiger partial charge in [-0.15, -0.1) is 0 Å². The molecular formula is C14H21N5O2. The van der Waals surface area contributed by atoms with E-state index in [2.05, 4.69) is 10.3 Å². The number of nitrogens with zero attached hydrogens (tertiary/aromatic N) is 4. The smallest absolute Gasteiger partial charge is 0.332 e. The van der Waals surface area contributed by atoms with E-state index in [1.807, 2.05) is 0 Å². The maximum atomic E-state index is 12.6. The lowest BCUT2D eigenvalue weighted by atomic mass is 9.95. The summed E-state index contributed by atoms with van der Waals surface area (Å²) in [7, 11) is 5.09. The third kappa shape index (κ3) is 1.99. The number of fused-ring (bicyclic) bond motifs is 1. The fourth-order valence-electron chi connectivity index (χ4n) is 3.28. The molecule has 1 aliphatic carbocycles. The Labute approximate surface area is 122 Å². The maximum Gasteiger partial charge on any atom is 0.332 e. The molecule has 0 saturated heterocycles. The van der Waals surface area contributed by atoms with E-state index in [0.29, 0.717) is 17.1 Å². The van der Waals surface area contributed by atoms with Crippen LogP contribution < -0.4 is 16.6 Å². The number of hydrogen-bond acceptors (Lipinski definition) is 4. The van der Waals surface area contributed by atoms with Crippen molar-refractivity contribution < 1.29 is 0 Å². The third-order valence-electron chi connectivity index (χ3n) is 4.47. The molecular weight excluding hydrogens is 270 g/mol. The van der Waals surface area contributed by atoms with Crippen LogP contribution in [0.1, 0.15) is 38.1 Å². The maximum absolute atomic E-state index is 12.6. The van der Waals surface area contributed by atoms with Gasteiger partial charge in [-0.05, 0) is 12.8 Å². The Bertz CT molecular complexity index is 792. The summed E-state index contributed by atoms with van der Waals surface area (Å²) in [5, 5.41) is 2.97. The van der Waals surface area contributed by atoms with Crippen molar-refractivity contribution in [1.29, 1.82) is 0 Å². The molecule has 1 aliphatic rings. The van der Waals surface area contributed by atoms with E-state index >= 15 is 0 Å². The van der Waals surface area contributed by atoms with Crippen molar-refractivity contribution in [1.82, 2.24) is 18.7 Å². The van der Waals surface area contributed by atoms with Gasteiger partial charge in [-0.3, -0.25) is 13.9 Å². The van der Waals surface area contributed by atoms with Crippen molar-refractivity contribution in [3.63, 3.8) is 0 Å². The van der Waals surface area contributed by atoms with E-state index in [1.165, 1.54) is 18.0 Å². The van der Waals surface area contributed by atoms with Gasteiger partial charge in [0, 0.05) is 27.2 Å². The fraction of sp³-hybridized carbons (Fsp3) is 0.643. The van der Waals surface area contributed by atoms with Crippen LogP contribution >= 0.6 is 0 Å². The van der Waals surface area contributed by atoms with Gasteiger partial charge in [-0.25, -0.2) is 4.79 Å². The molecule has 1 N–H and O–H groups in total. The number of aromatic nitrogens is 4. The summed E-state index contributed by atoms with van der Waals surface area (Å²) in [6, 6.07) is 0.139. The Morgan fingerprint density at radius 2 is 1.76 bits per heavy atom. The molecule has 114 valence electrons. The highest BCUT2D eigenvalue weighted by Gasteiger charge is 2.24. The Balaban J connectivity index is 2.37. The van der Waals surface area contributed by atoms with E-state index in [4.69, 9.17) is 0 Å². The second kappa shape index (κ2) is 5.05. The molecule has 1 fully saturated rings. The quantitative estimate of drug-likeness (QED) is 0.895. The van der Waals surface area contributed by atoms with Crippen molar-refractivity contribution in [2.24, 2.45) is 14.1 Å². The van der Waals surface area contributed by atoms with Crippen molar-refractivity contribution >= 4 is 17.1 Å². The van der Waals surface area contributed by atoms with E-state index < -0.39 is 0 Å². The topological polar surface area (TPSA) is 73.8 Å². The van der Waals surface area contributed by atoms with Crippen LogP contribution in [0.2, 0.25) is 0 Å². The monoisotopic (exact) mass is 291 g/mol. The first-order valence-corrected chi connectivity index (χ1v) is 7.42. The van der Waals surface area contributed by atoms with Gasteiger partial charge in [0.05, 0.1) is 0 Å². The van der Waals surface area contributed by atoms with Gasteiger partial charge in [-0.2, -0.15) is 4.98 Å². The van der Waals surface area contributed by atoms with E-state index in [-0.39, 0.29) is 17.3 Å². The van der Waals surface area contributed by atoms with Gasteiger partial charge < -0.3 is 9.88 Å². The Kier molecular flexibility index (Phi) is 3.35. The molecule has 0 unspecified atom stereocenters. The molecule has 0 aromatic carbocycles. The molecule has 0 aliphatic heterocycles. The summed E-state index contributed by atoms with van der Waals surface area (Å²) in [5.74, 6) is 0.595. The van der Waals surface area contributed by atoms with Crippen LogP contribution in [-0.2, 0) is 14.1 Å². The van der Waals surface area contributed by atoms with Crippen LogP contribution in [0.4, 0.5) is 5.95 Å². The van der Waals surface area contributed by atoms with Gasteiger partial charge >= 0.3 is 5.69 Å². The normalized spacial score (nSPS) is 16.5. The van der Waals surface area contributed by atoms with Crippen molar-refractivity contribution in [2.75, 3.05) is 12.4 Å². The molecule has 3 rings (SSSR count). The van der Waals surface area contributed by atoms with Crippen LogP contribution in [-0.4, -0.2) is 25.7 Å². The molecule has 1 saturated carbocycles. The van der Waals surface area contributed by atoms with Crippen molar-refractivity contribution in [3.8, 4) is 0 Å². The zero-order valence-corrected chi connectivity index (χ0v) is 12.7. The summed E-state index contributed by atoms with van der Waals surface area (Å²) >= 11 is 0. The summed E-state index contributed by atoms with van der Waals surface area (Å²) in [6.45, 7) is 0. The summed E-state index contributed by atoms with van der Waals surface area (Å²) < 4.78 is 4.63. The highest BCUT2D eigenvalue weighted by Crippen LogP contribution is 2.29. The standard InChI is InChI=1S/C14H21N5O2/c1-15-13-16-11-10(17(13)2)12(20)18(3)14(21)19(11)9-7-5-4-6-8-9/h9H,4-8H2,1-3H3,(H,15,16). The van der Waals surface area contributed by atoms with Crippen LogP contribution in [0.25, 0.3) is 11.2 Å². The largest absolute Gasteiger partial charge is 0.359 e.